The van der Waals surface area contributed by atoms with Crippen molar-refractivity contribution in [2.24, 2.45) is 5.92 Å². The van der Waals surface area contributed by atoms with E-state index in [0.29, 0.717) is 13.1 Å². The molecule has 2 unspecified atom stereocenters. The fraction of sp³-hybridized carbons (Fsp3) is 0.393. The average Bonchev–Trinajstić information content (AvgIpc) is 3.18. The van der Waals surface area contributed by atoms with Crippen LogP contribution in [-0.2, 0) is 14.3 Å². The van der Waals surface area contributed by atoms with Crippen molar-refractivity contribution >= 4 is 18.0 Å². The number of rotatable bonds is 7. The minimum Gasteiger partial charge on any atom is -0.481 e. The van der Waals surface area contributed by atoms with Crippen LogP contribution in [0.25, 0.3) is 11.1 Å². The van der Waals surface area contributed by atoms with Crippen LogP contribution in [0.15, 0.2) is 48.5 Å². The Bertz CT molecular complexity index is 1120. The molecule has 0 radical (unpaired) electrons. The molecule has 1 fully saturated rings. The number of nitrogens with one attached hydrogen (secondary N) is 1. The van der Waals surface area contributed by atoms with Crippen molar-refractivity contribution < 1.29 is 24.2 Å². The van der Waals surface area contributed by atoms with E-state index in [-0.39, 0.29) is 37.2 Å². The van der Waals surface area contributed by atoms with Crippen molar-refractivity contribution in [1.29, 1.82) is 0 Å². The minimum absolute atomic E-state index is 0.0308. The van der Waals surface area contributed by atoms with E-state index in [1.165, 1.54) is 0 Å². The molecule has 1 saturated heterocycles. The molecule has 2 aromatic carbocycles. The maximum atomic E-state index is 13.2. The number of nitrogens with zero attached hydrogens (tertiary/aromatic N) is 1. The number of carbonyl (C=O) groups is 3. The number of hydrogen-bond donors (Lipinski definition) is 2. The number of likely N-dealkylation sites (tertiary alicyclic amines) is 1. The fourth-order valence-electron chi connectivity index (χ4n) is 5.09. The largest absolute Gasteiger partial charge is 0.481 e. The minimum atomic E-state index is -0.866. The van der Waals surface area contributed by atoms with Crippen molar-refractivity contribution in [1.82, 2.24) is 10.2 Å². The Labute approximate surface area is 205 Å². The van der Waals surface area contributed by atoms with E-state index < -0.39 is 18.1 Å². The third kappa shape index (κ3) is 5.65. The van der Waals surface area contributed by atoms with Crippen LogP contribution in [0.5, 0.6) is 0 Å². The van der Waals surface area contributed by atoms with Gasteiger partial charge in [-0.25, -0.2) is 4.79 Å². The molecule has 0 saturated carbocycles. The van der Waals surface area contributed by atoms with Crippen LogP contribution in [0.4, 0.5) is 4.79 Å². The summed E-state index contributed by atoms with van der Waals surface area (Å²) in [6.45, 7) is 2.74. The van der Waals surface area contributed by atoms with Crippen molar-refractivity contribution in [3.05, 3.63) is 59.7 Å². The standard InChI is InChI=1S/C28H30N2O5/c1-2-3-14-25(27(33)30-15-8-9-19(17-30)16-26(31)32)29-28(34)35-18-24-22-12-6-4-10-20(22)21-11-5-7-13-23(21)24/h4-7,10-13,19,24-25H,8-9,14-18H2,1H3,(H,29,34)(H,31,32). The first-order valence-corrected chi connectivity index (χ1v) is 12.0. The molecule has 2 amide bonds. The van der Waals surface area contributed by atoms with Gasteiger partial charge in [0, 0.05) is 31.8 Å². The highest BCUT2D eigenvalue weighted by Gasteiger charge is 2.32. The van der Waals surface area contributed by atoms with Crippen molar-refractivity contribution in [2.45, 2.75) is 44.6 Å². The van der Waals surface area contributed by atoms with E-state index in [9.17, 15) is 14.4 Å². The molecule has 7 heteroatoms. The van der Waals surface area contributed by atoms with E-state index >= 15 is 0 Å². The highest BCUT2D eigenvalue weighted by molar-refractivity contribution is 5.86. The molecule has 0 bridgehead atoms. The van der Waals surface area contributed by atoms with Gasteiger partial charge >= 0.3 is 12.1 Å². The molecule has 35 heavy (non-hydrogen) atoms. The molecule has 2 aromatic rings. The highest BCUT2D eigenvalue weighted by atomic mass is 16.5. The van der Waals surface area contributed by atoms with Crippen LogP contribution >= 0.6 is 0 Å². The predicted octanol–water partition coefficient (Wildman–Crippen LogP) is 4.02. The van der Waals surface area contributed by atoms with E-state index in [2.05, 4.69) is 29.3 Å². The monoisotopic (exact) mass is 474 g/mol. The van der Waals surface area contributed by atoms with Crippen LogP contribution in [0.3, 0.4) is 0 Å². The number of ether oxygens (including phenoxy) is 1. The van der Waals surface area contributed by atoms with E-state index in [4.69, 9.17) is 9.84 Å². The smallest absolute Gasteiger partial charge is 0.407 e. The summed E-state index contributed by atoms with van der Waals surface area (Å²) in [4.78, 5) is 38.7. The van der Waals surface area contributed by atoms with Crippen LogP contribution in [0.2, 0.25) is 0 Å². The number of carboxylic acids is 1. The maximum Gasteiger partial charge on any atom is 0.407 e. The number of piperidine rings is 1. The third-order valence-corrected chi connectivity index (χ3v) is 6.71. The van der Waals surface area contributed by atoms with E-state index in [0.717, 1.165) is 35.1 Å². The number of alkyl carbamates (subject to hydrolysis) is 1. The number of carboxylic acid groups (broad SMARTS) is 1. The first-order chi connectivity index (χ1) is 17.0. The molecule has 182 valence electrons. The molecule has 7 nitrogen and oxygen atoms in total. The average molecular weight is 475 g/mol. The summed E-state index contributed by atoms with van der Waals surface area (Å²) in [7, 11) is 0. The van der Waals surface area contributed by atoms with Crippen molar-refractivity contribution in [2.75, 3.05) is 19.7 Å². The Balaban J connectivity index is 1.41. The molecule has 1 heterocycles. The Morgan fingerprint density at radius 1 is 1.11 bits per heavy atom. The molecule has 0 spiro atoms. The first kappa shape index (κ1) is 24.3. The summed E-state index contributed by atoms with van der Waals surface area (Å²) < 4.78 is 5.61. The number of benzene rings is 2. The van der Waals surface area contributed by atoms with Crippen LogP contribution < -0.4 is 5.32 Å². The topological polar surface area (TPSA) is 95.9 Å². The molecule has 4 rings (SSSR count). The Morgan fingerprint density at radius 2 is 1.77 bits per heavy atom. The predicted molar refractivity (Wildman–Crippen MR) is 132 cm³/mol. The van der Waals surface area contributed by atoms with Gasteiger partial charge in [0.25, 0.3) is 0 Å². The Morgan fingerprint density at radius 3 is 2.40 bits per heavy atom. The quantitative estimate of drug-likeness (QED) is 0.591. The zero-order chi connectivity index (χ0) is 24.8. The highest BCUT2D eigenvalue weighted by Crippen LogP contribution is 2.44. The lowest BCUT2D eigenvalue weighted by Gasteiger charge is -2.34. The van der Waals surface area contributed by atoms with Gasteiger partial charge in [-0.15, -0.1) is 11.8 Å². The number of aliphatic carboxylic acids is 1. The molecule has 1 aliphatic heterocycles. The van der Waals surface area contributed by atoms with Gasteiger partial charge in [-0.1, -0.05) is 48.5 Å². The summed E-state index contributed by atoms with van der Waals surface area (Å²) in [6.07, 6.45) is 1.04. The summed E-state index contributed by atoms with van der Waals surface area (Å²) in [5.41, 5.74) is 4.52. The summed E-state index contributed by atoms with van der Waals surface area (Å²) in [6, 6.07) is 15.4. The van der Waals surface area contributed by atoms with Crippen LogP contribution in [0, 0.1) is 17.8 Å². The zero-order valence-electron chi connectivity index (χ0n) is 19.8. The number of hydrogen-bond acceptors (Lipinski definition) is 4. The summed E-state index contributed by atoms with van der Waals surface area (Å²) >= 11 is 0. The van der Waals surface area contributed by atoms with Gasteiger partial charge in [-0.05, 0) is 47.9 Å². The van der Waals surface area contributed by atoms with Gasteiger partial charge in [0.1, 0.15) is 12.6 Å². The van der Waals surface area contributed by atoms with E-state index in [1.807, 2.05) is 36.4 Å². The molecule has 2 N–H and O–H groups in total. The van der Waals surface area contributed by atoms with Crippen LogP contribution in [0.1, 0.15) is 49.7 Å². The maximum absolute atomic E-state index is 13.2. The van der Waals surface area contributed by atoms with Crippen LogP contribution in [-0.4, -0.2) is 53.7 Å². The number of amides is 2. The van der Waals surface area contributed by atoms with Gasteiger partial charge in [-0.3, -0.25) is 9.59 Å². The second kappa shape index (κ2) is 11.1. The lowest BCUT2D eigenvalue weighted by Crippen LogP contribution is -2.51. The Kier molecular flexibility index (Phi) is 7.71. The molecule has 2 atom stereocenters. The lowest BCUT2D eigenvalue weighted by molar-refractivity contribution is -0.141. The number of carbonyl (C=O) groups excluding carboxylic acids is 2. The lowest BCUT2D eigenvalue weighted by atomic mass is 9.94. The molecule has 0 aromatic heterocycles. The zero-order valence-corrected chi connectivity index (χ0v) is 19.8. The fourth-order valence-corrected chi connectivity index (χ4v) is 5.09. The van der Waals surface area contributed by atoms with Gasteiger partial charge in [0.15, 0.2) is 0 Å². The normalized spacial score (nSPS) is 17.4. The Hall–Kier alpha value is -3.79. The van der Waals surface area contributed by atoms with Crippen molar-refractivity contribution in [3.63, 3.8) is 0 Å². The second-order valence-electron chi connectivity index (χ2n) is 9.04. The van der Waals surface area contributed by atoms with Gasteiger partial charge < -0.3 is 20.1 Å². The second-order valence-corrected chi connectivity index (χ2v) is 9.04. The molecule has 2 aliphatic rings. The molecular weight excluding hydrogens is 444 g/mol. The van der Waals surface area contributed by atoms with Gasteiger partial charge in [0.05, 0.1) is 0 Å². The van der Waals surface area contributed by atoms with Gasteiger partial charge in [-0.2, -0.15) is 0 Å². The molecular formula is C28H30N2O5. The van der Waals surface area contributed by atoms with Gasteiger partial charge in [0.2, 0.25) is 5.91 Å². The summed E-state index contributed by atoms with van der Waals surface area (Å²) in [5, 5.41) is 11.8. The van der Waals surface area contributed by atoms with Crippen molar-refractivity contribution in [3.8, 4) is 23.0 Å². The summed E-state index contributed by atoms with van der Waals surface area (Å²) in [5.74, 6) is 4.37. The van der Waals surface area contributed by atoms with E-state index in [1.54, 1.807) is 11.8 Å². The SMILES string of the molecule is CC#CCC(NC(=O)OCC1c2ccccc2-c2ccccc21)C(=O)N1CCCC(CC(=O)O)C1. The molecule has 1 aliphatic carbocycles. The first-order valence-electron chi connectivity index (χ1n) is 12.0. The third-order valence-electron chi connectivity index (χ3n) is 6.71. The number of fused-ring (bicyclic) bond motifs is 3.